The summed E-state index contributed by atoms with van der Waals surface area (Å²) in [6.07, 6.45) is 0.216. The number of hydrogen-bond donors (Lipinski definition) is 2. The molecule has 144 valence electrons. The van der Waals surface area contributed by atoms with Crippen molar-refractivity contribution in [2.75, 3.05) is 12.4 Å². The molecule has 0 aliphatic carbocycles. The van der Waals surface area contributed by atoms with Crippen LogP contribution < -0.4 is 10.6 Å². The van der Waals surface area contributed by atoms with Crippen molar-refractivity contribution >= 4 is 17.5 Å². The molecule has 2 amide bonds. The number of amides is 2. The molecule has 3 rings (SSSR count). The number of anilines is 1. The zero-order chi connectivity index (χ0) is 20.3. The summed E-state index contributed by atoms with van der Waals surface area (Å²) in [6, 6.07) is 15.1. The Bertz CT molecular complexity index is 1020. The van der Waals surface area contributed by atoms with Crippen molar-refractivity contribution in [1.29, 1.82) is 0 Å². The van der Waals surface area contributed by atoms with E-state index in [9.17, 15) is 9.59 Å². The number of nitrogens with one attached hydrogen (secondary N) is 2. The monoisotopic (exact) mass is 376 g/mol. The molecule has 0 saturated carbocycles. The number of hydrogen-bond acceptors (Lipinski definition) is 3. The van der Waals surface area contributed by atoms with Crippen molar-refractivity contribution in [2.24, 2.45) is 0 Å². The number of para-hydroxylation sites is 1. The second-order valence-corrected chi connectivity index (χ2v) is 6.68. The first-order chi connectivity index (χ1) is 13.4. The summed E-state index contributed by atoms with van der Waals surface area (Å²) in [5.74, 6) is -0.319. The molecule has 0 saturated heterocycles. The molecule has 0 aliphatic rings. The number of aromatic nitrogens is 2. The summed E-state index contributed by atoms with van der Waals surface area (Å²) in [4.78, 5) is 24.6. The van der Waals surface area contributed by atoms with Crippen LogP contribution >= 0.6 is 0 Å². The molecule has 3 aromatic rings. The van der Waals surface area contributed by atoms with Crippen molar-refractivity contribution in [2.45, 2.75) is 27.2 Å². The van der Waals surface area contributed by atoms with E-state index in [2.05, 4.69) is 15.7 Å². The molecule has 2 N–H and O–H groups in total. The van der Waals surface area contributed by atoms with Gasteiger partial charge in [0.05, 0.1) is 17.8 Å². The third-order valence-electron chi connectivity index (χ3n) is 4.86. The molecular formula is C22H24N4O2. The maximum absolute atomic E-state index is 12.7. The van der Waals surface area contributed by atoms with Crippen molar-refractivity contribution in [1.82, 2.24) is 15.1 Å². The van der Waals surface area contributed by atoms with Crippen LogP contribution in [0.1, 0.15) is 32.9 Å². The predicted octanol–water partition coefficient (Wildman–Crippen LogP) is 3.34. The van der Waals surface area contributed by atoms with E-state index >= 15 is 0 Å². The lowest BCUT2D eigenvalue weighted by atomic mass is 10.1. The van der Waals surface area contributed by atoms with E-state index in [-0.39, 0.29) is 18.2 Å². The van der Waals surface area contributed by atoms with E-state index in [0.29, 0.717) is 11.3 Å². The molecule has 1 heterocycles. The van der Waals surface area contributed by atoms with Crippen molar-refractivity contribution in [3.8, 4) is 5.69 Å². The standard InChI is InChI=1S/C22H24N4O2/c1-14-18(22(28)23-4)11-8-12-20(14)24-21(27)13-19-15(2)25-26(16(19)3)17-9-6-5-7-10-17/h5-12H,13H2,1-4H3,(H,23,28)(H,24,27). The Balaban J connectivity index is 1.82. The molecule has 2 aromatic carbocycles. The third kappa shape index (κ3) is 3.81. The first kappa shape index (κ1) is 19.4. The molecule has 28 heavy (non-hydrogen) atoms. The van der Waals surface area contributed by atoms with E-state index in [0.717, 1.165) is 28.2 Å². The summed E-state index contributed by atoms with van der Waals surface area (Å²) in [7, 11) is 1.59. The lowest BCUT2D eigenvalue weighted by molar-refractivity contribution is -0.115. The first-order valence-electron chi connectivity index (χ1n) is 9.14. The summed E-state index contributed by atoms with van der Waals surface area (Å²) >= 11 is 0. The molecular weight excluding hydrogens is 352 g/mol. The van der Waals surface area contributed by atoms with E-state index in [1.54, 1.807) is 25.2 Å². The minimum absolute atomic E-state index is 0.143. The summed E-state index contributed by atoms with van der Waals surface area (Å²) in [6.45, 7) is 5.70. The molecule has 1 aromatic heterocycles. The van der Waals surface area contributed by atoms with Crippen molar-refractivity contribution in [3.05, 3.63) is 76.6 Å². The van der Waals surface area contributed by atoms with Gasteiger partial charge in [-0.1, -0.05) is 24.3 Å². The van der Waals surface area contributed by atoms with Crippen LogP contribution in [0.15, 0.2) is 48.5 Å². The van der Waals surface area contributed by atoms with Crippen LogP contribution in [0.25, 0.3) is 5.69 Å². The van der Waals surface area contributed by atoms with E-state index < -0.39 is 0 Å². The number of rotatable bonds is 5. The highest BCUT2D eigenvalue weighted by atomic mass is 16.2. The van der Waals surface area contributed by atoms with Gasteiger partial charge in [-0.15, -0.1) is 0 Å². The summed E-state index contributed by atoms with van der Waals surface area (Å²) in [5.41, 5.74) is 5.55. The SMILES string of the molecule is CNC(=O)c1cccc(NC(=O)Cc2c(C)nn(-c3ccccc3)c2C)c1C. The second kappa shape index (κ2) is 8.08. The molecule has 6 nitrogen and oxygen atoms in total. The van der Waals surface area contributed by atoms with Gasteiger partial charge in [-0.2, -0.15) is 5.10 Å². The Hall–Kier alpha value is -3.41. The number of nitrogens with zero attached hydrogens (tertiary/aromatic N) is 2. The van der Waals surface area contributed by atoms with Crippen molar-refractivity contribution in [3.63, 3.8) is 0 Å². The van der Waals surface area contributed by atoms with Crippen LogP contribution in [0, 0.1) is 20.8 Å². The predicted molar refractivity (Wildman–Crippen MR) is 110 cm³/mol. The maximum Gasteiger partial charge on any atom is 0.251 e. The van der Waals surface area contributed by atoms with E-state index in [1.165, 1.54) is 0 Å². The maximum atomic E-state index is 12.7. The van der Waals surface area contributed by atoms with Gasteiger partial charge in [-0.05, 0) is 50.6 Å². The van der Waals surface area contributed by atoms with Crippen LogP contribution in [-0.2, 0) is 11.2 Å². The van der Waals surface area contributed by atoms with Gasteiger partial charge in [-0.3, -0.25) is 9.59 Å². The second-order valence-electron chi connectivity index (χ2n) is 6.68. The number of carbonyl (C=O) groups is 2. The first-order valence-corrected chi connectivity index (χ1v) is 9.14. The van der Waals surface area contributed by atoms with Crippen molar-refractivity contribution < 1.29 is 9.59 Å². The van der Waals surface area contributed by atoms with Gasteiger partial charge >= 0.3 is 0 Å². The Kier molecular flexibility index (Phi) is 5.59. The molecule has 0 bridgehead atoms. The number of carbonyl (C=O) groups excluding carboxylic acids is 2. The average Bonchev–Trinajstić information content (AvgIpc) is 2.98. The minimum Gasteiger partial charge on any atom is -0.355 e. The Morgan fingerprint density at radius 3 is 2.39 bits per heavy atom. The highest BCUT2D eigenvalue weighted by Crippen LogP contribution is 2.21. The highest BCUT2D eigenvalue weighted by molar-refractivity contribution is 5.99. The van der Waals surface area contributed by atoms with Gasteiger partial charge in [0.1, 0.15) is 0 Å². The van der Waals surface area contributed by atoms with Gasteiger partial charge < -0.3 is 10.6 Å². The molecule has 0 spiro atoms. The Morgan fingerprint density at radius 2 is 1.71 bits per heavy atom. The van der Waals surface area contributed by atoms with E-state index in [1.807, 2.05) is 55.8 Å². The lowest BCUT2D eigenvalue weighted by Gasteiger charge is -2.12. The molecule has 6 heteroatoms. The fourth-order valence-electron chi connectivity index (χ4n) is 3.26. The van der Waals surface area contributed by atoms with Crippen LogP contribution in [0.3, 0.4) is 0 Å². The quantitative estimate of drug-likeness (QED) is 0.717. The van der Waals surface area contributed by atoms with Crippen LogP contribution in [-0.4, -0.2) is 28.6 Å². The highest BCUT2D eigenvalue weighted by Gasteiger charge is 2.17. The normalized spacial score (nSPS) is 10.6. The lowest BCUT2D eigenvalue weighted by Crippen LogP contribution is -2.21. The van der Waals surface area contributed by atoms with Gasteiger partial charge in [0.2, 0.25) is 5.91 Å². The van der Waals surface area contributed by atoms with Gasteiger partial charge in [0.15, 0.2) is 0 Å². The zero-order valence-corrected chi connectivity index (χ0v) is 16.5. The zero-order valence-electron chi connectivity index (χ0n) is 16.5. The van der Waals surface area contributed by atoms with Crippen LogP contribution in [0.4, 0.5) is 5.69 Å². The van der Waals surface area contributed by atoms with Crippen LogP contribution in [0.5, 0.6) is 0 Å². The molecule has 0 radical (unpaired) electrons. The van der Waals surface area contributed by atoms with Gasteiger partial charge in [0.25, 0.3) is 5.91 Å². The van der Waals surface area contributed by atoms with Gasteiger partial charge in [-0.25, -0.2) is 4.68 Å². The molecule has 0 unspecified atom stereocenters. The molecule has 0 fully saturated rings. The number of aryl methyl sites for hydroxylation is 1. The third-order valence-corrected chi connectivity index (χ3v) is 4.86. The summed E-state index contributed by atoms with van der Waals surface area (Å²) in [5, 5.41) is 10.1. The molecule has 0 aliphatic heterocycles. The average molecular weight is 376 g/mol. The fraction of sp³-hybridized carbons (Fsp3) is 0.227. The minimum atomic E-state index is -0.176. The smallest absolute Gasteiger partial charge is 0.251 e. The summed E-state index contributed by atoms with van der Waals surface area (Å²) < 4.78 is 1.86. The largest absolute Gasteiger partial charge is 0.355 e. The topological polar surface area (TPSA) is 76.0 Å². The Labute approximate surface area is 164 Å². The van der Waals surface area contributed by atoms with Crippen LogP contribution in [0.2, 0.25) is 0 Å². The van der Waals surface area contributed by atoms with E-state index in [4.69, 9.17) is 0 Å². The number of benzene rings is 2. The fourth-order valence-corrected chi connectivity index (χ4v) is 3.26. The van der Waals surface area contributed by atoms with Gasteiger partial charge in [0, 0.05) is 29.6 Å². The Morgan fingerprint density at radius 1 is 1.00 bits per heavy atom. The molecule has 0 atom stereocenters.